The Labute approximate surface area is 121 Å². The maximum Gasteiger partial charge on any atom is 0.417 e. The first kappa shape index (κ1) is 15.9. The maximum atomic E-state index is 14.0. The zero-order valence-electron chi connectivity index (χ0n) is 10.9. The molecule has 116 valence electrons. The van der Waals surface area contributed by atoms with Crippen LogP contribution in [0.4, 0.5) is 22.0 Å². The van der Waals surface area contributed by atoms with Gasteiger partial charge < -0.3 is 5.11 Å². The summed E-state index contributed by atoms with van der Waals surface area (Å²) in [7, 11) is 0. The van der Waals surface area contributed by atoms with Gasteiger partial charge in [-0.05, 0) is 23.8 Å². The molecule has 22 heavy (non-hydrogen) atoms. The summed E-state index contributed by atoms with van der Waals surface area (Å²) >= 11 is 0. The molecule has 0 saturated heterocycles. The molecule has 0 bridgehead atoms. The van der Waals surface area contributed by atoms with Gasteiger partial charge in [0.25, 0.3) is 0 Å². The molecular weight excluding hydrogens is 307 g/mol. The fourth-order valence-electron chi connectivity index (χ4n) is 2.06. The molecular formula is C15H9F5O2. The summed E-state index contributed by atoms with van der Waals surface area (Å²) in [6.07, 6.45) is -5.48. The summed E-state index contributed by atoms with van der Waals surface area (Å²) in [6.45, 7) is 0. The Morgan fingerprint density at radius 3 is 2.23 bits per heavy atom. The van der Waals surface area contributed by atoms with E-state index in [0.29, 0.717) is 12.1 Å². The van der Waals surface area contributed by atoms with Crippen LogP contribution in [0.1, 0.15) is 11.1 Å². The Bertz CT molecular complexity index is 722. The third kappa shape index (κ3) is 3.24. The average Bonchev–Trinajstić information content (AvgIpc) is 2.41. The van der Waals surface area contributed by atoms with Gasteiger partial charge in [-0.25, -0.2) is 8.78 Å². The minimum Gasteiger partial charge on any atom is -0.481 e. The lowest BCUT2D eigenvalue weighted by atomic mass is 9.97. The van der Waals surface area contributed by atoms with Crippen molar-refractivity contribution in [1.82, 2.24) is 0 Å². The van der Waals surface area contributed by atoms with Crippen molar-refractivity contribution in [3.8, 4) is 11.1 Å². The quantitative estimate of drug-likeness (QED) is 0.858. The van der Waals surface area contributed by atoms with Crippen LogP contribution in [0.25, 0.3) is 11.1 Å². The van der Waals surface area contributed by atoms with Crippen LogP contribution < -0.4 is 0 Å². The Kier molecular flexibility index (Phi) is 4.16. The zero-order valence-corrected chi connectivity index (χ0v) is 10.9. The van der Waals surface area contributed by atoms with Gasteiger partial charge in [0.1, 0.15) is 11.6 Å². The van der Waals surface area contributed by atoms with Crippen LogP contribution in [-0.4, -0.2) is 11.1 Å². The van der Waals surface area contributed by atoms with Gasteiger partial charge >= 0.3 is 12.1 Å². The molecule has 0 aliphatic carbocycles. The van der Waals surface area contributed by atoms with Gasteiger partial charge in [0, 0.05) is 11.1 Å². The lowest BCUT2D eigenvalue weighted by Gasteiger charge is -2.14. The first-order valence-electron chi connectivity index (χ1n) is 6.06. The Balaban J connectivity index is 2.60. The molecule has 2 aromatic carbocycles. The Hall–Kier alpha value is -2.44. The third-order valence-corrected chi connectivity index (χ3v) is 3.00. The van der Waals surface area contributed by atoms with Gasteiger partial charge in [0.05, 0.1) is 12.0 Å². The molecule has 0 aromatic heterocycles. The monoisotopic (exact) mass is 316 g/mol. The minimum atomic E-state index is -4.72. The summed E-state index contributed by atoms with van der Waals surface area (Å²) < 4.78 is 66.6. The summed E-state index contributed by atoms with van der Waals surface area (Å²) in [4.78, 5) is 10.5. The van der Waals surface area contributed by atoms with Gasteiger partial charge in [0.2, 0.25) is 0 Å². The van der Waals surface area contributed by atoms with Crippen molar-refractivity contribution in [3.63, 3.8) is 0 Å². The molecule has 2 rings (SSSR count). The highest BCUT2D eigenvalue weighted by Gasteiger charge is 2.34. The Morgan fingerprint density at radius 2 is 1.64 bits per heavy atom. The number of hydrogen-bond acceptors (Lipinski definition) is 1. The van der Waals surface area contributed by atoms with E-state index in [1.165, 1.54) is 6.07 Å². The molecule has 7 heteroatoms. The van der Waals surface area contributed by atoms with Crippen molar-refractivity contribution in [2.75, 3.05) is 0 Å². The van der Waals surface area contributed by atoms with Crippen molar-refractivity contribution in [2.24, 2.45) is 0 Å². The second-order valence-corrected chi connectivity index (χ2v) is 4.54. The van der Waals surface area contributed by atoms with Crippen LogP contribution in [0.5, 0.6) is 0 Å². The van der Waals surface area contributed by atoms with Gasteiger partial charge in [-0.15, -0.1) is 0 Å². The van der Waals surface area contributed by atoms with Gasteiger partial charge in [-0.2, -0.15) is 13.2 Å². The number of carboxylic acids is 1. The molecule has 1 N–H and O–H groups in total. The lowest BCUT2D eigenvalue weighted by Crippen LogP contribution is -2.08. The second-order valence-electron chi connectivity index (χ2n) is 4.54. The van der Waals surface area contributed by atoms with E-state index in [0.717, 1.165) is 18.2 Å². The van der Waals surface area contributed by atoms with Crippen molar-refractivity contribution < 1.29 is 31.9 Å². The predicted molar refractivity (Wildman–Crippen MR) is 68.1 cm³/mol. The van der Waals surface area contributed by atoms with Crippen LogP contribution in [0.2, 0.25) is 0 Å². The first-order chi connectivity index (χ1) is 10.2. The number of benzene rings is 2. The van der Waals surface area contributed by atoms with E-state index in [2.05, 4.69) is 0 Å². The topological polar surface area (TPSA) is 37.3 Å². The number of carbonyl (C=O) groups is 1. The van der Waals surface area contributed by atoms with E-state index >= 15 is 0 Å². The van der Waals surface area contributed by atoms with Crippen molar-refractivity contribution in [3.05, 3.63) is 59.2 Å². The molecule has 2 aromatic rings. The summed E-state index contributed by atoms with van der Waals surface area (Å²) in [5.41, 5.74) is -2.61. The molecule has 0 saturated carbocycles. The highest BCUT2D eigenvalue weighted by molar-refractivity contribution is 5.72. The van der Waals surface area contributed by atoms with Gasteiger partial charge in [-0.1, -0.05) is 18.2 Å². The minimum absolute atomic E-state index is 0.432. The van der Waals surface area contributed by atoms with E-state index in [4.69, 9.17) is 5.11 Å². The standard InChI is InChI=1S/C15H9F5O2/c16-12-7-10(13(17)5-8(12)6-14(21)22)9-3-1-2-4-11(9)15(18,19)20/h1-5,7H,6H2,(H,21,22). The summed E-state index contributed by atoms with van der Waals surface area (Å²) in [6, 6.07) is 5.38. The molecule has 0 amide bonds. The van der Waals surface area contributed by atoms with E-state index in [9.17, 15) is 26.7 Å². The molecule has 0 unspecified atom stereocenters. The largest absolute Gasteiger partial charge is 0.481 e. The van der Waals surface area contributed by atoms with Crippen LogP contribution in [0.15, 0.2) is 36.4 Å². The number of carboxylic acid groups (broad SMARTS) is 1. The fraction of sp³-hybridized carbons (Fsp3) is 0.133. The van der Waals surface area contributed by atoms with Crippen molar-refractivity contribution >= 4 is 5.97 Å². The number of hydrogen-bond donors (Lipinski definition) is 1. The molecule has 2 nitrogen and oxygen atoms in total. The first-order valence-corrected chi connectivity index (χ1v) is 6.06. The number of alkyl halides is 3. The van der Waals surface area contributed by atoms with E-state index in [1.54, 1.807) is 0 Å². The Morgan fingerprint density at radius 1 is 1.00 bits per heavy atom. The number of rotatable bonds is 3. The molecule has 0 spiro atoms. The second kappa shape index (κ2) is 5.75. The van der Waals surface area contributed by atoms with Crippen molar-refractivity contribution in [2.45, 2.75) is 12.6 Å². The summed E-state index contributed by atoms with van der Waals surface area (Å²) in [5.74, 6) is -3.56. The van der Waals surface area contributed by atoms with Gasteiger partial charge in [-0.3, -0.25) is 4.79 Å². The highest BCUT2D eigenvalue weighted by Crippen LogP contribution is 2.38. The average molecular weight is 316 g/mol. The maximum absolute atomic E-state index is 14.0. The molecule has 0 aliphatic heterocycles. The number of aliphatic carboxylic acids is 1. The SMILES string of the molecule is O=C(O)Cc1cc(F)c(-c2ccccc2C(F)(F)F)cc1F. The van der Waals surface area contributed by atoms with E-state index in [-0.39, 0.29) is 0 Å². The summed E-state index contributed by atoms with van der Waals surface area (Å²) in [5, 5.41) is 8.58. The fourth-order valence-corrected chi connectivity index (χ4v) is 2.06. The molecule has 0 radical (unpaired) electrons. The smallest absolute Gasteiger partial charge is 0.417 e. The molecule has 0 atom stereocenters. The van der Waals surface area contributed by atoms with E-state index < -0.39 is 52.5 Å². The van der Waals surface area contributed by atoms with Gasteiger partial charge in [0.15, 0.2) is 0 Å². The van der Waals surface area contributed by atoms with Crippen LogP contribution in [0.3, 0.4) is 0 Å². The molecule has 0 aliphatic rings. The highest BCUT2D eigenvalue weighted by atomic mass is 19.4. The number of halogens is 5. The van der Waals surface area contributed by atoms with Crippen LogP contribution >= 0.6 is 0 Å². The normalized spacial score (nSPS) is 11.5. The molecule has 0 fully saturated rings. The van der Waals surface area contributed by atoms with E-state index in [1.807, 2.05) is 0 Å². The lowest BCUT2D eigenvalue weighted by molar-refractivity contribution is -0.137. The predicted octanol–water partition coefficient (Wildman–Crippen LogP) is 4.28. The third-order valence-electron chi connectivity index (χ3n) is 3.00. The van der Waals surface area contributed by atoms with Crippen molar-refractivity contribution in [1.29, 1.82) is 0 Å². The molecule has 0 heterocycles. The zero-order chi connectivity index (χ0) is 16.5. The van der Waals surface area contributed by atoms with Crippen LogP contribution in [0, 0.1) is 11.6 Å². The van der Waals surface area contributed by atoms with Crippen LogP contribution in [-0.2, 0) is 17.4 Å².